The lowest BCUT2D eigenvalue weighted by Gasteiger charge is -2.41. The molecule has 0 radical (unpaired) electrons. The molecular formula is C10H16N2OS. The van der Waals surface area contributed by atoms with Crippen molar-refractivity contribution in [2.24, 2.45) is 0 Å². The summed E-state index contributed by atoms with van der Waals surface area (Å²) >= 11 is 1.67. The molecule has 4 N–H and O–H groups in total. The van der Waals surface area contributed by atoms with Crippen molar-refractivity contribution in [1.29, 1.82) is 0 Å². The smallest absolute Gasteiger partial charge is 0.0613 e. The molecule has 78 valence electrons. The van der Waals surface area contributed by atoms with Crippen molar-refractivity contribution in [3.05, 3.63) is 16.3 Å². The quantitative estimate of drug-likeness (QED) is 0.706. The molecule has 1 fully saturated rings. The molecule has 0 amide bonds. The highest BCUT2D eigenvalue weighted by Crippen LogP contribution is 2.32. The Labute approximate surface area is 87.9 Å². The van der Waals surface area contributed by atoms with Crippen LogP contribution in [0.2, 0.25) is 0 Å². The summed E-state index contributed by atoms with van der Waals surface area (Å²) in [6, 6.07) is 1.92. The number of thiophene rings is 1. The van der Waals surface area contributed by atoms with Crippen molar-refractivity contribution < 1.29 is 5.11 Å². The average molecular weight is 212 g/mol. The Morgan fingerprint density at radius 3 is 2.79 bits per heavy atom. The lowest BCUT2D eigenvalue weighted by molar-refractivity contribution is 0.0875. The first-order chi connectivity index (χ1) is 6.76. The van der Waals surface area contributed by atoms with E-state index in [1.54, 1.807) is 11.3 Å². The Morgan fingerprint density at radius 1 is 1.57 bits per heavy atom. The van der Waals surface area contributed by atoms with E-state index in [-0.39, 0.29) is 12.1 Å². The van der Waals surface area contributed by atoms with Crippen molar-refractivity contribution in [3.63, 3.8) is 0 Å². The predicted octanol–water partition coefficient (Wildman–Crippen LogP) is 1.33. The van der Waals surface area contributed by atoms with Crippen LogP contribution in [0.25, 0.3) is 0 Å². The fourth-order valence-electron chi connectivity index (χ4n) is 1.76. The van der Waals surface area contributed by atoms with Crippen molar-refractivity contribution in [2.75, 3.05) is 12.3 Å². The van der Waals surface area contributed by atoms with E-state index in [1.807, 2.05) is 11.4 Å². The number of hydrogen-bond acceptors (Lipinski definition) is 4. The molecular weight excluding hydrogens is 196 g/mol. The van der Waals surface area contributed by atoms with Gasteiger partial charge in [-0.2, -0.15) is 0 Å². The minimum absolute atomic E-state index is 0.0174. The Hall–Kier alpha value is -0.580. The zero-order chi connectivity index (χ0) is 10.0. The second-order valence-electron chi connectivity index (χ2n) is 3.94. The van der Waals surface area contributed by atoms with Crippen LogP contribution < -0.4 is 11.1 Å². The van der Waals surface area contributed by atoms with E-state index < -0.39 is 0 Å². The summed E-state index contributed by atoms with van der Waals surface area (Å²) in [5, 5.41) is 14.6. The topological polar surface area (TPSA) is 58.3 Å². The minimum Gasteiger partial charge on any atom is -0.398 e. The van der Waals surface area contributed by atoms with Gasteiger partial charge in [0.1, 0.15) is 0 Å². The normalized spacial score (nSPS) is 19.2. The van der Waals surface area contributed by atoms with Crippen LogP contribution in [0.1, 0.15) is 24.1 Å². The monoisotopic (exact) mass is 212 g/mol. The van der Waals surface area contributed by atoms with Gasteiger partial charge in [-0.05, 0) is 30.7 Å². The summed E-state index contributed by atoms with van der Waals surface area (Å²) in [5.74, 6) is 0. The highest BCUT2D eigenvalue weighted by molar-refractivity contribution is 7.10. The van der Waals surface area contributed by atoms with Crippen LogP contribution >= 0.6 is 11.3 Å². The Bertz CT molecular complexity index is 301. The van der Waals surface area contributed by atoms with Crippen LogP contribution in [0.5, 0.6) is 0 Å². The van der Waals surface area contributed by atoms with Gasteiger partial charge in [0.05, 0.1) is 6.61 Å². The molecule has 1 aromatic heterocycles. The first kappa shape index (κ1) is 9.96. The van der Waals surface area contributed by atoms with Crippen LogP contribution in [0.3, 0.4) is 0 Å². The van der Waals surface area contributed by atoms with Crippen molar-refractivity contribution in [2.45, 2.75) is 31.3 Å². The van der Waals surface area contributed by atoms with Crippen LogP contribution in [-0.2, 0) is 6.54 Å². The average Bonchev–Trinajstić information content (AvgIpc) is 2.51. The number of nitrogens with two attached hydrogens (primary N) is 1. The van der Waals surface area contributed by atoms with Gasteiger partial charge < -0.3 is 16.2 Å². The third kappa shape index (κ3) is 1.78. The van der Waals surface area contributed by atoms with Gasteiger partial charge in [-0.3, -0.25) is 0 Å². The predicted molar refractivity (Wildman–Crippen MR) is 59.2 cm³/mol. The molecule has 1 saturated carbocycles. The van der Waals surface area contributed by atoms with Crippen molar-refractivity contribution >= 4 is 17.0 Å². The SMILES string of the molecule is Nc1ccsc1CNC1(CO)CCC1. The highest BCUT2D eigenvalue weighted by atomic mass is 32.1. The molecule has 14 heavy (non-hydrogen) atoms. The van der Waals surface area contributed by atoms with Crippen molar-refractivity contribution in [1.82, 2.24) is 5.32 Å². The van der Waals surface area contributed by atoms with E-state index >= 15 is 0 Å². The zero-order valence-corrected chi connectivity index (χ0v) is 8.94. The molecule has 4 heteroatoms. The lowest BCUT2D eigenvalue weighted by Crippen LogP contribution is -2.53. The molecule has 2 rings (SSSR count). The third-order valence-electron chi connectivity index (χ3n) is 3.02. The molecule has 1 heterocycles. The van der Waals surface area contributed by atoms with Crippen LogP contribution in [0.4, 0.5) is 5.69 Å². The van der Waals surface area contributed by atoms with Crippen LogP contribution in [0, 0.1) is 0 Å². The Morgan fingerprint density at radius 2 is 2.36 bits per heavy atom. The first-order valence-corrected chi connectivity index (χ1v) is 5.81. The standard InChI is InChI=1S/C10H16N2OS/c11-8-2-5-14-9(8)6-12-10(7-13)3-1-4-10/h2,5,12-13H,1,3-4,6-7,11H2. The van der Waals surface area contributed by atoms with Gasteiger partial charge in [-0.25, -0.2) is 0 Å². The molecule has 0 aromatic carbocycles. The van der Waals surface area contributed by atoms with Gasteiger partial charge in [0, 0.05) is 22.6 Å². The second kappa shape index (κ2) is 3.88. The number of nitrogen functional groups attached to an aromatic ring is 1. The maximum atomic E-state index is 9.24. The van der Waals surface area contributed by atoms with Crippen LogP contribution in [-0.4, -0.2) is 17.3 Å². The maximum absolute atomic E-state index is 9.24. The molecule has 1 aromatic rings. The van der Waals surface area contributed by atoms with E-state index in [0.29, 0.717) is 0 Å². The highest BCUT2D eigenvalue weighted by Gasteiger charge is 2.35. The summed E-state index contributed by atoms with van der Waals surface area (Å²) in [6.07, 6.45) is 3.37. The second-order valence-corrected chi connectivity index (χ2v) is 4.95. The van der Waals surface area contributed by atoms with Gasteiger partial charge in [-0.1, -0.05) is 0 Å². The molecule has 0 bridgehead atoms. The minimum atomic E-state index is -0.0174. The van der Waals surface area contributed by atoms with E-state index in [1.165, 1.54) is 11.3 Å². The van der Waals surface area contributed by atoms with E-state index in [4.69, 9.17) is 5.73 Å². The molecule has 3 nitrogen and oxygen atoms in total. The Balaban J connectivity index is 1.90. The molecule has 1 aliphatic rings. The van der Waals surface area contributed by atoms with Gasteiger partial charge >= 0.3 is 0 Å². The van der Waals surface area contributed by atoms with Gasteiger partial charge in [-0.15, -0.1) is 11.3 Å². The number of nitrogens with one attached hydrogen (secondary N) is 1. The number of aliphatic hydroxyl groups excluding tert-OH is 1. The summed E-state index contributed by atoms with van der Waals surface area (Å²) in [6.45, 7) is 1.02. The number of anilines is 1. The van der Waals surface area contributed by atoms with E-state index in [0.717, 1.165) is 25.1 Å². The summed E-state index contributed by atoms with van der Waals surface area (Å²) in [7, 11) is 0. The molecule has 0 atom stereocenters. The van der Waals surface area contributed by atoms with E-state index in [9.17, 15) is 5.11 Å². The first-order valence-electron chi connectivity index (χ1n) is 4.93. The lowest BCUT2D eigenvalue weighted by atomic mass is 9.77. The summed E-state index contributed by atoms with van der Waals surface area (Å²) in [5.41, 5.74) is 6.62. The summed E-state index contributed by atoms with van der Waals surface area (Å²) < 4.78 is 0. The maximum Gasteiger partial charge on any atom is 0.0613 e. The molecule has 0 unspecified atom stereocenters. The van der Waals surface area contributed by atoms with E-state index in [2.05, 4.69) is 5.32 Å². The summed E-state index contributed by atoms with van der Waals surface area (Å²) in [4.78, 5) is 1.17. The Kier molecular flexibility index (Phi) is 2.76. The van der Waals surface area contributed by atoms with Crippen LogP contribution in [0.15, 0.2) is 11.4 Å². The zero-order valence-electron chi connectivity index (χ0n) is 8.12. The molecule has 1 aliphatic carbocycles. The largest absolute Gasteiger partial charge is 0.398 e. The fourth-order valence-corrected chi connectivity index (χ4v) is 2.49. The van der Waals surface area contributed by atoms with Gasteiger partial charge in [0.2, 0.25) is 0 Å². The van der Waals surface area contributed by atoms with Gasteiger partial charge in [0.15, 0.2) is 0 Å². The fraction of sp³-hybridized carbons (Fsp3) is 0.600. The number of hydrogen-bond donors (Lipinski definition) is 3. The number of aliphatic hydroxyl groups is 1. The number of rotatable bonds is 4. The molecule has 0 spiro atoms. The van der Waals surface area contributed by atoms with Gasteiger partial charge in [0.25, 0.3) is 0 Å². The third-order valence-corrected chi connectivity index (χ3v) is 3.95. The van der Waals surface area contributed by atoms with Crippen molar-refractivity contribution in [3.8, 4) is 0 Å². The molecule has 0 aliphatic heterocycles. The molecule has 0 saturated heterocycles.